The quantitative estimate of drug-likeness (QED) is 0.593. The predicted molar refractivity (Wildman–Crippen MR) is 80.2 cm³/mol. The lowest BCUT2D eigenvalue weighted by molar-refractivity contribution is -0.384. The molecule has 1 aromatic heterocycles. The van der Waals surface area contributed by atoms with Crippen LogP contribution < -0.4 is 5.73 Å². The minimum absolute atomic E-state index is 0.0147. The molecule has 0 atom stereocenters. The fraction of sp³-hybridized carbons (Fsp3) is 0. The number of rotatable bonds is 3. The Balaban J connectivity index is 2.18. The highest BCUT2D eigenvalue weighted by molar-refractivity contribution is 7.21. The first-order valence-corrected chi connectivity index (χ1v) is 6.82. The summed E-state index contributed by atoms with van der Waals surface area (Å²) >= 11 is 1.29. The maximum atomic E-state index is 11.5. The first-order valence-electron chi connectivity index (χ1n) is 6.00. The van der Waals surface area contributed by atoms with Gasteiger partial charge in [-0.2, -0.15) is 0 Å². The number of benzene rings is 2. The van der Waals surface area contributed by atoms with Crippen molar-refractivity contribution in [2.75, 3.05) is 0 Å². The van der Waals surface area contributed by atoms with E-state index in [4.69, 9.17) is 5.73 Å². The summed E-state index contributed by atoms with van der Waals surface area (Å²) in [6, 6.07) is 11.4. The van der Waals surface area contributed by atoms with E-state index in [1.54, 1.807) is 30.3 Å². The van der Waals surface area contributed by atoms with Crippen LogP contribution in [0.15, 0.2) is 42.5 Å². The Morgan fingerprint density at radius 3 is 2.71 bits per heavy atom. The summed E-state index contributed by atoms with van der Waals surface area (Å²) in [6.45, 7) is 0. The molecule has 1 amide bonds. The number of nitrogens with zero attached hydrogens (tertiary/aromatic N) is 2. The van der Waals surface area contributed by atoms with Crippen LogP contribution in [-0.2, 0) is 0 Å². The van der Waals surface area contributed by atoms with Crippen LogP contribution in [0.1, 0.15) is 10.4 Å². The molecule has 3 rings (SSSR count). The predicted octanol–water partition coefficient (Wildman–Crippen LogP) is 2.97. The molecule has 7 heteroatoms. The third-order valence-corrected chi connectivity index (χ3v) is 4.06. The van der Waals surface area contributed by atoms with Crippen LogP contribution >= 0.6 is 11.3 Å². The number of carbonyl (C=O) groups excluding carboxylic acids is 1. The van der Waals surface area contributed by atoms with E-state index in [0.29, 0.717) is 26.4 Å². The first kappa shape index (κ1) is 13.2. The zero-order valence-electron chi connectivity index (χ0n) is 10.6. The number of fused-ring (bicyclic) bond motifs is 1. The van der Waals surface area contributed by atoms with Crippen molar-refractivity contribution in [3.8, 4) is 10.6 Å². The van der Waals surface area contributed by atoms with E-state index >= 15 is 0 Å². The fourth-order valence-corrected chi connectivity index (χ4v) is 3.06. The second-order valence-electron chi connectivity index (χ2n) is 4.34. The standard InChI is InChI=1S/C14H9N3O3S/c15-13(18)9-3-1-2-4-10(9)14-16-11-6-5-8(17(19)20)7-12(11)21-14/h1-7H,(H2,15,18). The van der Waals surface area contributed by atoms with Gasteiger partial charge in [-0.15, -0.1) is 11.3 Å². The van der Waals surface area contributed by atoms with Crippen molar-refractivity contribution in [1.29, 1.82) is 0 Å². The molecule has 21 heavy (non-hydrogen) atoms. The Labute approximate surface area is 123 Å². The molecule has 0 saturated carbocycles. The van der Waals surface area contributed by atoms with Crippen LogP contribution in [0.5, 0.6) is 0 Å². The molecule has 0 fully saturated rings. The van der Waals surface area contributed by atoms with Gasteiger partial charge in [-0.3, -0.25) is 14.9 Å². The molecule has 0 unspecified atom stereocenters. The third-order valence-electron chi connectivity index (χ3n) is 3.01. The molecule has 0 aliphatic rings. The molecule has 2 N–H and O–H groups in total. The van der Waals surface area contributed by atoms with E-state index in [2.05, 4.69) is 4.98 Å². The van der Waals surface area contributed by atoms with E-state index < -0.39 is 10.8 Å². The average molecular weight is 299 g/mol. The highest BCUT2D eigenvalue weighted by Crippen LogP contribution is 2.33. The number of primary amides is 1. The summed E-state index contributed by atoms with van der Waals surface area (Å²) < 4.78 is 0.693. The van der Waals surface area contributed by atoms with Gasteiger partial charge in [0.05, 0.1) is 15.1 Å². The average Bonchev–Trinajstić information content (AvgIpc) is 2.89. The number of non-ortho nitro benzene ring substituents is 1. The van der Waals surface area contributed by atoms with Crippen LogP contribution in [0.3, 0.4) is 0 Å². The zero-order valence-corrected chi connectivity index (χ0v) is 11.5. The first-order chi connectivity index (χ1) is 10.1. The molecular weight excluding hydrogens is 290 g/mol. The lowest BCUT2D eigenvalue weighted by atomic mass is 10.1. The Bertz CT molecular complexity index is 873. The smallest absolute Gasteiger partial charge is 0.270 e. The number of hydrogen-bond acceptors (Lipinski definition) is 5. The molecule has 104 valence electrons. The number of nitro benzene ring substituents is 1. The maximum absolute atomic E-state index is 11.5. The van der Waals surface area contributed by atoms with Crippen molar-refractivity contribution in [3.05, 3.63) is 58.1 Å². The lowest BCUT2D eigenvalue weighted by Gasteiger charge is -2.01. The number of thiazole rings is 1. The Morgan fingerprint density at radius 2 is 2.00 bits per heavy atom. The van der Waals surface area contributed by atoms with Crippen molar-refractivity contribution in [1.82, 2.24) is 4.98 Å². The van der Waals surface area contributed by atoms with Gasteiger partial charge in [0.25, 0.3) is 5.69 Å². The van der Waals surface area contributed by atoms with Crippen LogP contribution in [0.2, 0.25) is 0 Å². The maximum Gasteiger partial charge on any atom is 0.270 e. The van der Waals surface area contributed by atoms with Crippen molar-refractivity contribution in [2.45, 2.75) is 0 Å². The summed E-state index contributed by atoms with van der Waals surface area (Å²) in [5.74, 6) is -0.532. The van der Waals surface area contributed by atoms with Gasteiger partial charge in [0.1, 0.15) is 5.01 Å². The highest BCUT2D eigenvalue weighted by atomic mass is 32.1. The molecule has 1 heterocycles. The number of nitro groups is 1. The topological polar surface area (TPSA) is 99.1 Å². The van der Waals surface area contributed by atoms with Gasteiger partial charge in [0, 0.05) is 23.3 Å². The number of amides is 1. The minimum atomic E-state index is -0.532. The van der Waals surface area contributed by atoms with E-state index in [9.17, 15) is 14.9 Å². The van der Waals surface area contributed by atoms with Crippen molar-refractivity contribution in [3.63, 3.8) is 0 Å². The molecule has 2 aromatic carbocycles. The van der Waals surface area contributed by atoms with Crippen LogP contribution in [0, 0.1) is 10.1 Å². The Morgan fingerprint density at radius 1 is 1.24 bits per heavy atom. The molecular formula is C14H9N3O3S. The van der Waals surface area contributed by atoms with Crippen molar-refractivity contribution < 1.29 is 9.72 Å². The van der Waals surface area contributed by atoms with E-state index in [0.717, 1.165) is 0 Å². The highest BCUT2D eigenvalue weighted by Gasteiger charge is 2.15. The van der Waals surface area contributed by atoms with Gasteiger partial charge in [0.15, 0.2) is 0 Å². The van der Waals surface area contributed by atoms with Gasteiger partial charge in [-0.1, -0.05) is 18.2 Å². The lowest BCUT2D eigenvalue weighted by Crippen LogP contribution is -2.12. The van der Waals surface area contributed by atoms with Gasteiger partial charge >= 0.3 is 0 Å². The van der Waals surface area contributed by atoms with Crippen LogP contribution in [-0.4, -0.2) is 15.8 Å². The van der Waals surface area contributed by atoms with Gasteiger partial charge in [0.2, 0.25) is 5.91 Å². The Kier molecular flexibility index (Phi) is 3.11. The Hall–Kier alpha value is -2.80. The van der Waals surface area contributed by atoms with E-state index in [1.807, 2.05) is 0 Å². The molecule has 0 saturated heterocycles. The summed E-state index contributed by atoms with van der Waals surface area (Å²) in [5.41, 5.74) is 7.04. The molecule has 6 nitrogen and oxygen atoms in total. The minimum Gasteiger partial charge on any atom is -0.366 e. The largest absolute Gasteiger partial charge is 0.366 e. The molecule has 0 bridgehead atoms. The molecule has 0 aliphatic heterocycles. The zero-order chi connectivity index (χ0) is 15.0. The van der Waals surface area contributed by atoms with Gasteiger partial charge in [-0.25, -0.2) is 4.98 Å². The van der Waals surface area contributed by atoms with Crippen molar-refractivity contribution >= 4 is 33.1 Å². The fourth-order valence-electron chi connectivity index (χ4n) is 2.03. The van der Waals surface area contributed by atoms with Gasteiger partial charge in [-0.05, 0) is 12.1 Å². The second-order valence-corrected chi connectivity index (χ2v) is 5.37. The molecule has 0 spiro atoms. The summed E-state index contributed by atoms with van der Waals surface area (Å²) in [4.78, 5) is 26.2. The number of aromatic nitrogens is 1. The summed E-state index contributed by atoms with van der Waals surface area (Å²) in [7, 11) is 0. The van der Waals surface area contributed by atoms with Crippen LogP contribution in [0.4, 0.5) is 5.69 Å². The number of carbonyl (C=O) groups is 1. The number of nitrogens with two attached hydrogens (primary N) is 1. The van der Waals surface area contributed by atoms with Crippen molar-refractivity contribution in [2.24, 2.45) is 5.73 Å². The van der Waals surface area contributed by atoms with E-state index in [-0.39, 0.29) is 5.69 Å². The molecule has 0 radical (unpaired) electrons. The summed E-state index contributed by atoms with van der Waals surface area (Å²) in [5, 5.41) is 11.4. The van der Waals surface area contributed by atoms with Gasteiger partial charge < -0.3 is 5.73 Å². The normalized spacial score (nSPS) is 10.7. The third kappa shape index (κ3) is 2.34. The SMILES string of the molecule is NC(=O)c1ccccc1-c1nc2ccc([N+](=O)[O-])cc2s1. The van der Waals surface area contributed by atoms with Crippen LogP contribution in [0.25, 0.3) is 20.8 Å². The second kappa shape index (κ2) is 4.95. The molecule has 0 aliphatic carbocycles. The monoisotopic (exact) mass is 299 g/mol. The summed E-state index contributed by atoms with van der Waals surface area (Å²) in [6.07, 6.45) is 0. The number of hydrogen-bond donors (Lipinski definition) is 1. The van der Waals surface area contributed by atoms with E-state index in [1.165, 1.54) is 23.5 Å². The molecule has 3 aromatic rings.